The van der Waals surface area contributed by atoms with Crippen molar-refractivity contribution < 1.29 is 14.7 Å². The van der Waals surface area contributed by atoms with Gasteiger partial charge in [0.15, 0.2) is 0 Å². The Morgan fingerprint density at radius 3 is 2.38 bits per heavy atom. The van der Waals surface area contributed by atoms with Crippen molar-refractivity contribution in [2.75, 3.05) is 26.2 Å². The number of carboxylic acids is 1. The summed E-state index contributed by atoms with van der Waals surface area (Å²) in [5.41, 5.74) is 0. The van der Waals surface area contributed by atoms with Crippen LogP contribution >= 0.6 is 0 Å². The van der Waals surface area contributed by atoms with Gasteiger partial charge < -0.3 is 15.3 Å². The molecule has 3 heterocycles. The maximum absolute atomic E-state index is 12.4. The largest absolute Gasteiger partial charge is 0.480 e. The molecule has 0 aromatic carbocycles. The zero-order chi connectivity index (χ0) is 14.8. The zero-order valence-corrected chi connectivity index (χ0v) is 12.5. The van der Waals surface area contributed by atoms with E-state index in [4.69, 9.17) is 0 Å². The molecular formula is C15H25N3O3. The van der Waals surface area contributed by atoms with E-state index in [1.165, 1.54) is 0 Å². The fraction of sp³-hybridized carbons (Fsp3) is 0.867. The minimum Gasteiger partial charge on any atom is -0.480 e. The minimum absolute atomic E-state index is 0.0140. The van der Waals surface area contributed by atoms with Gasteiger partial charge in [-0.15, -0.1) is 0 Å². The van der Waals surface area contributed by atoms with Crippen LogP contribution < -0.4 is 5.32 Å². The van der Waals surface area contributed by atoms with Gasteiger partial charge in [-0.3, -0.25) is 14.5 Å². The predicted molar refractivity (Wildman–Crippen MR) is 78.0 cm³/mol. The summed E-state index contributed by atoms with van der Waals surface area (Å²) in [7, 11) is 0. The summed E-state index contributed by atoms with van der Waals surface area (Å²) in [6, 6.07) is 0.0306. The van der Waals surface area contributed by atoms with Crippen LogP contribution in [0.2, 0.25) is 0 Å². The number of carbonyl (C=O) groups is 2. The van der Waals surface area contributed by atoms with Crippen LogP contribution in [-0.2, 0) is 9.59 Å². The smallest absolute Gasteiger partial charge is 0.320 e. The standard InChI is InChI=1S/C15H25N3O3/c19-14(12-3-1-7-16-12)17-9-5-11(6-10-17)18-8-2-4-13(18)15(20)21/h11-13,16H,1-10H2,(H,20,21)/t12-,13?/m0/s1. The average Bonchev–Trinajstić information content (AvgIpc) is 3.18. The molecule has 6 nitrogen and oxygen atoms in total. The highest BCUT2D eigenvalue weighted by molar-refractivity contribution is 5.82. The number of aliphatic carboxylic acids is 1. The Morgan fingerprint density at radius 2 is 1.76 bits per heavy atom. The molecule has 3 aliphatic rings. The molecule has 2 atom stereocenters. The second-order valence-electron chi connectivity index (χ2n) is 6.44. The van der Waals surface area contributed by atoms with Crippen molar-refractivity contribution in [1.82, 2.24) is 15.1 Å². The number of rotatable bonds is 3. The number of likely N-dealkylation sites (tertiary alicyclic amines) is 2. The monoisotopic (exact) mass is 295 g/mol. The van der Waals surface area contributed by atoms with Crippen molar-refractivity contribution >= 4 is 11.9 Å². The first kappa shape index (κ1) is 14.8. The summed E-state index contributed by atoms with van der Waals surface area (Å²) in [5, 5.41) is 12.5. The van der Waals surface area contributed by atoms with E-state index < -0.39 is 5.97 Å². The van der Waals surface area contributed by atoms with Crippen LogP contribution in [0.1, 0.15) is 38.5 Å². The Bertz CT molecular complexity index is 401. The van der Waals surface area contributed by atoms with Crippen LogP contribution in [0.5, 0.6) is 0 Å². The van der Waals surface area contributed by atoms with Gasteiger partial charge in [-0.25, -0.2) is 0 Å². The van der Waals surface area contributed by atoms with Crippen LogP contribution in [0, 0.1) is 0 Å². The van der Waals surface area contributed by atoms with Gasteiger partial charge in [0.1, 0.15) is 6.04 Å². The molecule has 3 rings (SSSR count). The van der Waals surface area contributed by atoms with Gasteiger partial charge in [0, 0.05) is 19.1 Å². The van der Waals surface area contributed by atoms with Crippen molar-refractivity contribution in [3.05, 3.63) is 0 Å². The highest BCUT2D eigenvalue weighted by Gasteiger charge is 2.38. The topological polar surface area (TPSA) is 72.9 Å². The van der Waals surface area contributed by atoms with Gasteiger partial charge >= 0.3 is 5.97 Å². The molecule has 21 heavy (non-hydrogen) atoms. The summed E-state index contributed by atoms with van der Waals surface area (Å²) in [6.45, 7) is 3.37. The third-order valence-electron chi connectivity index (χ3n) is 5.18. The molecule has 0 bridgehead atoms. The van der Waals surface area contributed by atoms with Gasteiger partial charge in [0.25, 0.3) is 0 Å². The van der Waals surface area contributed by atoms with E-state index in [-0.39, 0.29) is 18.0 Å². The molecule has 1 unspecified atom stereocenters. The normalized spacial score (nSPS) is 31.7. The molecule has 3 fully saturated rings. The molecule has 0 spiro atoms. The van der Waals surface area contributed by atoms with Gasteiger partial charge in [0.2, 0.25) is 5.91 Å². The fourth-order valence-electron chi connectivity index (χ4n) is 4.02. The maximum Gasteiger partial charge on any atom is 0.320 e. The molecule has 0 saturated carbocycles. The van der Waals surface area contributed by atoms with E-state index in [1.54, 1.807) is 0 Å². The van der Waals surface area contributed by atoms with Crippen molar-refractivity contribution in [2.45, 2.75) is 56.7 Å². The SMILES string of the molecule is O=C(O)C1CCCN1C1CCN(C(=O)[C@@H]2CCCN2)CC1. The Morgan fingerprint density at radius 1 is 1.00 bits per heavy atom. The number of hydrogen-bond donors (Lipinski definition) is 2. The van der Waals surface area contributed by atoms with Crippen LogP contribution in [0.4, 0.5) is 0 Å². The minimum atomic E-state index is -0.693. The van der Waals surface area contributed by atoms with Crippen molar-refractivity contribution in [2.24, 2.45) is 0 Å². The highest BCUT2D eigenvalue weighted by atomic mass is 16.4. The predicted octanol–water partition coefficient (Wildman–Crippen LogP) is 0.278. The lowest BCUT2D eigenvalue weighted by molar-refractivity contribution is -0.144. The Hall–Kier alpha value is -1.14. The molecule has 118 valence electrons. The average molecular weight is 295 g/mol. The summed E-state index contributed by atoms with van der Waals surface area (Å²) < 4.78 is 0. The fourth-order valence-corrected chi connectivity index (χ4v) is 4.02. The lowest BCUT2D eigenvalue weighted by atomic mass is 10.0. The second kappa shape index (κ2) is 6.32. The van der Waals surface area contributed by atoms with E-state index in [0.717, 1.165) is 64.7 Å². The molecule has 0 aromatic rings. The number of nitrogens with zero attached hydrogens (tertiary/aromatic N) is 2. The third-order valence-corrected chi connectivity index (χ3v) is 5.18. The van der Waals surface area contributed by atoms with E-state index >= 15 is 0 Å². The Balaban J connectivity index is 1.52. The zero-order valence-electron chi connectivity index (χ0n) is 12.5. The van der Waals surface area contributed by atoms with Gasteiger partial charge in [-0.1, -0.05) is 0 Å². The second-order valence-corrected chi connectivity index (χ2v) is 6.44. The molecule has 3 saturated heterocycles. The maximum atomic E-state index is 12.4. The van der Waals surface area contributed by atoms with Crippen molar-refractivity contribution in [3.63, 3.8) is 0 Å². The number of nitrogens with one attached hydrogen (secondary N) is 1. The van der Waals surface area contributed by atoms with Crippen LogP contribution in [-0.4, -0.2) is 71.1 Å². The summed E-state index contributed by atoms with van der Waals surface area (Å²) in [6.07, 6.45) is 5.58. The van der Waals surface area contributed by atoms with Gasteiger partial charge in [-0.2, -0.15) is 0 Å². The molecule has 3 aliphatic heterocycles. The Labute approximate surface area is 125 Å². The Kier molecular flexibility index (Phi) is 4.45. The molecule has 6 heteroatoms. The van der Waals surface area contributed by atoms with E-state index in [1.807, 2.05) is 4.90 Å². The van der Waals surface area contributed by atoms with Crippen molar-refractivity contribution in [3.8, 4) is 0 Å². The third kappa shape index (κ3) is 3.06. The lowest BCUT2D eigenvalue weighted by Crippen LogP contribution is -2.52. The van der Waals surface area contributed by atoms with Gasteiger partial charge in [0.05, 0.1) is 6.04 Å². The number of carbonyl (C=O) groups excluding carboxylic acids is 1. The number of carboxylic acid groups (broad SMARTS) is 1. The first-order chi connectivity index (χ1) is 10.2. The first-order valence-corrected chi connectivity index (χ1v) is 8.17. The number of amides is 1. The van der Waals surface area contributed by atoms with Crippen molar-refractivity contribution in [1.29, 1.82) is 0 Å². The molecule has 0 radical (unpaired) electrons. The summed E-state index contributed by atoms with van der Waals surface area (Å²) in [5.74, 6) is -0.455. The summed E-state index contributed by atoms with van der Waals surface area (Å²) in [4.78, 5) is 27.8. The number of piperidine rings is 1. The molecular weight excluding hydrogens is 270 g/mol. The summed E-state index contributed by atoms with van der Waals surface area (Å²) >= 11 is 0. The van der Waals surface area contributed by atoms with E-state index in [2.05, 4.69) is 10.2 Å². The van der Waals surface area contributed by atoms with E-state index in [9.17, 15) is 14.7 Å². The quantitative estimate of drug-likeness (QED) is 0.782. The lowest BCUT2D eigenvalue weighted by Gasteiger charge is -2.39. The number of hydrogen-bond acceptors (Lipinski definition) is 4. The first-order valence-electron chi connectivity index (χ1n) is 8.17. The van der Waals surface area contributed by atoms with Gasteiger partial charge in [-0.05, 0) is 51.6 Å². The molecule has 2 N–H and O–H groups in total. The van der Waals surface area contributed by atoms with Crippen LogP contribution in [0.3, 0.4) is 0 Å². The molecule has 0 aliphatic carbocycles. The van der Waals surface area contributed by atoms with Crippen LogP contribution in [0.25, 0.3) is 0 Å². The molecule has 1 amide bonds. The highest BCUT2D eigenvalue weighted by Crippen LogP contribution is 2.26. The molecule has 0 aromatic heterocycles. The van der Waals surface area contributed by atoms with Crippen LogP contribution in [0.15, 0.2) is 0 Å². The van der Waals surface area contributed by atoms with E-state index in [0.29, 0.717) is 6.04 Å².